The van der Waals surface area contributed by atoms with Crippen molar-refractivity contribution >= 4 is 17.7 Å². The van der Waals surface area contributed by atoms with E-state index in [4.69, 9.17) is 9.47 Å². The van der Waals surface area contributed by atoms with Crippen LogP contribution in [0.2, 0.25) is 0 Å². The minimum atomic E-state index is -0.524. The number of hydrogen-bond donors (Lipinski definition) is 2. The van der Waals surface area contributed by atoms with Crippen LogP contribution in [0, 0.1) is 0 Å². The Morgan fingerprint density at radius 2 is 1.88 bits per heavy atom. The number of ether oxygens (including phenoxy) is 2. The highest BCUT2D eigenvalue weighted by Gasteiger charge is 2.15. The monoisotopic (exact) mass is 336 g/mol. The molecule has 0 aliphatic rings. The van der Waals surface area contributed by atoms with Gasteiger partial charge in [0.15, 0.2) is 0 Å². The van der Waals surface area contributed by atoms with Gasteiger partial charge in [-0.25, -0.2) is 4.79 Å². The highest BCUT2D eigenvalue weighted by atomic mass is 16.6. The van der Waals surface area contributed by atoms with E-state index < -0.39 is 11.7 Å². The van der Waals surface area contributed by atoms with Crippen molar-refractivity contribution in [2.75, 3.05) is 18.5 Å². The van der Waals surface area contributed by atoms with Gasteiger partial charge < -0.3 is 20.1 Å². The van der Waals surface area contributed by atoms with E-state index in [1.807, 2.05) is 31.2 Å². The summed E-state index contributed by atoms with van der Waals surface area (Å²) < 4.78 is 10.7. The van der Waals surface area contributed by atoms with Crippen LogP contribution < -0.4 is 15.4 Å². The molecule has 0 saturated carbocycles. The molecule has 0 heterocycles. The van der Waals surface area contributed by atoms with Crippen LogP contribution in [0.5, 0.6) is 5.75 Å². The summed E-state index contributed by atoms with van der Waals surface area (Å²) in [5.74, 6) is 0.549. The minimum Gasteiger partial charge on any atom is -0.491 e. The molecule has 1 rings (SSSR count). The number of para-hydroxylation sites is 2. The standard InChI is InChI=1S/C18H28N2O4/c1-5-13-23-15-10-7-6-9-14(15)20-16(21)11-8-12-19-17(22)24-18(2,3)4/h6-7,9-10H,5,8,11-13H2,1-4H3,(H,19,22)(H,20,21). The summed E-state index contributed by atoms with van der Waals surface area (Å²) in [4.78, 5) is 23.5. The number of anilines is 1. The lowest BCUT2D eigenvalue weighted by Crippen LogP contribution is -2.33. The third kappa shape index (κ3) is 8.41. The van der Waals surface area contributed by atoms with Gasteiger partial charge >= 0.3 is 6.09 Å². The van der Waals surface area contributed by atoms with E-state index in [0.717, 1.165) is 6.42 Å². The summed E-state index contributed by atoms with van der Waals surface area (Å²) in [7, 11) is 0. The van der Waals surface area contributed by atoms with Crippen LogP contribution in [0.15, 0.2) is 24.3 Å². The molecule has 2 N–H and O–H groups in total. The van der Waals surface area contributed by atoms with Crippen LogP contribution in [-0.2, 0) is 9.53 Å². The molecule has 1 aromatic rings. The van der Waals surface area contributed by atoms with Crippen LogP contribution in [0.1, 0.15) is 47.0 Å². The zero-order chi connectivity index (χ0) is 18.0. The molecule has 24 heavy (non-hydrogen) atoms. The number of benzene rings is 1. The number of carbonyl (C=O) groups is 2. The summed E-state index contributed by atoms with van der Waals surface area (Å²) in [6.07, 6.45) is 1.26. The van der Waals surface area contributed by atoms with Crippen LogP contribution >= 0.6 is 0 Å². The maximum Gasteiger partial charge on any atom is 0.407 e. The quantitative estimate of drug-likeness (QED) is 0.709. The highest BCUT2D eigenvalue weighted by molar-refractivity contribution is 5.92. The molecular weight excluding hydrogens is 308 g/mol. The molecule has 6 heteroatoms. The molecule has 2 amide bonds. The van der Waals surface area contributed by atoms with Gasteiger partial charge in [0, 0.05) is 13.0 Å². The zero-order valence-corrected chi connectivity index (χ0v) is 15.0. The summed E-state index contributed by atoms with van der Waals surface area (Å²) in [5.41, 5.74) is 0.139. The number of rotatable bonds is 8. The van der Waals surface area contributed by atoms with Crippen molar-refractivity contribution in [2.45, 2.75) is 52.6 Å². The van der Waals surface area contributed by atoms with Gasteiger partial charge in [-0.15, -0.1) is 0 Å². The van der Waals surface area contributed by atoms with Crippen LogP contribution in [-0.4, -0.2) is 30.8 Å². The molecule has 6 nitrogen and oxygen atoms in total. The average molecular weight is 336 g/mol. The lowest BCUT2D eigenvalue weighted by atomic mass is 10.2. The van der Waals surface area contributed by atoms with E-state index >= 15 is 0 Å². The van der Waals surface area contributed by atoms with Gasteiger partial charge in [0.05, 0.1) is 12.3 Å². The summed E-state index contributed by atoms with van der Waals surface area (Å²) >= 11 is 0. The van der Waals surface area contributed by atoms with Gasteiger partial charge in [-0.1, -0.05) is 19.1 Å². The van der Waals surface area contributed by atoms with Crippen molar-refractivity contribution in [2.24, 2.45) is 0 Å². The predicted octanol–water partition coefficient (Wildman–Crippen LogP) is 3.72. The number of nitrogens with one attached hydrogen (secondary N) is 2. The fraction of sp³-hybridized carbons (Fsp3) is 0.556. The fourth-order valence-electron chi connectivity index (χ4n) is 1.87. The Labute approximate surface area is 143 Å². The van der Waals surface area contributed by atoms with E-state index in [0.29, 0.717) is 37.4 Å². The molecule has 0 aliphatic carbocycles. The Hall–Kier alpha value is -2.24. The Morgan fingerprint density at radius 1 is 1.17 bits per heavy atom. The molecule has 0 atom stereocenters. The van der Waals surface area contributed by atoms with E-state index in [2.05, 4.69) is 10.6 Å². The molecular formula is C18H28N2O4. The number of hydrogen-bond acceptors (Lipinski definition) is 4. The lowest BCUT2D eigenvalue weighted by molar-refractivity contribution is -0.116. The normalized spacial score (nSPS) is 10.8. The summed E-state index contributed by atoms with van der Waals surface area (Å²) in [5, 5.41) is 5.47. The van der Waals surface area contributed by atoms with Crippen molar-refractivity contribution in [3.05, 3.63) is 24.3 Å². The largest absolute Gasteiger partial charge is 0.491 e. The Bertz CT molecular complexity index is 538. The van der Waals surface area contributed by atoms with E-state index in [1.165, 1.54) is 0 Å². The molecule has 0 fully saturated rings. The van der Waals surface area contributed by atoms with Crippen LogP contribution in [0.3, 0.4) is 0 Å². The number of carbonyl (C=O) groups excluding carboxylic acids is 2. The highest BCUT2D eigenvalue weighted by Crippen LogP contribution is 2.24. The minimum absolute atomic E-state index is 0.117. The summed E-state index contributed by atoms with van der Waals surface area (Å²) in [6, 6.07) is 7.35. The molecule has 0 spiro atoms. The predicted molar refractivity (Wildman–Crippen MR) is 94.3 cm³/mol. The van der Waals surface area contributed by atoms with Gasteiger partial charge in [-0.05, 0) is 45.7 Å². The van der Waals surface area contributed by atoms with Crippen LogP contribution in [0.25, 0.3) is 0 Å². The van der Waals surface area contributed by atoms with Crippen molar-refractivity contribution in [1.82, 2.24) is 5.32 Å². The number of amides is 2. The van der Waals surface area contributed by atoms with E-state index in [1.54, 1.807) is 20.8 Å². The molecule has 134 valence electrons. The van der Waals surface area contributed by atoms with E-state index in [-0.39, 0.29) is 5.91 Å². The van der Waals surface area contributed by atoms with E-state index in [9.17, 15) is 9.59 Å². The van der Waals surface area contributed by atoms with Gasteiger partial charge in [0.1, 0.15) is 11.4 Å². The van der Waals surface area contributed by atoms with Gasteiger partial charge in [0.2, 0.25) is 5.91 Å². The average Bonchev–Trinajstić information content (AvgIpc) is 2.49. The molecule has 0 unspecified atom stereocenters. The molecule has 0 radical (unpaired) electrons. The fourth-order valence-corrected chi connectivity index (χ4v) is 1.87. The molecule has 1 aromatic carbocycles. The zero-order valence-electron chi connectivity index (χ0n) is 15.0. The second-order valence-electron chi connectivity index (χ2n) is 6.43. The van der Waals surface area contributed by atoms with Crippen molar-refractivity contribution < 1.29 is 19.1 Å². The number of alkyl carbamates (subject to hydrolysis) is 1. The third-order valence-electron chi connectivity index (χ3n) is 2.87. The Morgan fingerprint density at radius 3 is 2.54 bits per heavy atom. The first-order valence-corrected chi connectivity index (χ1v) is 8.30. The first kappa shape index (κ1) is 19.8. The smallest absolute Gasteiger partial charge is 0.407 e. The molecule has 0 aromatic heterocycles. The first-order valence-electron chi connectivity index (χ1n) is 8.30. The third-order valence-corrected chi connectivity index (χ3v) is 2.87. The van der Waals surface area contributed by atoms with Gasteiger partial charge in [-0.3, -0.25) is 4.79 Å². The van der Waals surface area contributed by atoms with Gasteiger partial charge in [0.25, 0.3) is 0 Å². The maximum atomic E-state index is 12.0. The van der Waals surface area contributed by atoms with Gasteiger partial charge in [-0.2, -0.15) is 0 Å². The second-order valence-corrected chi connectivity index (χ2v) is 6.43. The van der Waals surface area contributed by atoms with Crippen LogP contribution in [0.4, 0.5) is 10.5 Å². The lowest BCUT2D eigenvalue weighted by Gasteiger charge is -2.19. The van der Waals surface area contributed by atoms with Crippen molar-refractivity contribution in [1.29, 1.82) is 0 Å². The summed E-state index contributed by atoms with van der Waals surface area (Å²) in [6.45, 7) is 8.43. The first-order chi connectivity index (χ1) is 11.3. The Balaban J connectivity index is 2.33. The Kier molecular flexibility index (Phi) is 8.09. The maximum absolute atomic E-state index is 12.0. The molecule has 0 bridgehead atoms. The molecule has 0 aliphatic heterocycles. The van der Waals surface area contributed by atoms with Crippen molar-refractivity contribution in [3.63, 3.8) is 0 Å². The molecule has 0 saturated heterocycles. The second kappa shape index (κ2) is 9.80. The topological polar surface area (TPSA) is 76.7 Å². The van der Waals surface area contributed by atoms with Crippen molar-refractivity contribution in [3.8, 4) is 5.75 Å². The SMILES string of the molecule is CCCOc1ccccc1NC(=O)CCCNC(=O)OC(C)(C)C.